The van der Waals surface area contributed by atoms with Gasteiger partial charge in [0.1, 0.15) is 5.82 Å². The average Bonchev–Trinajstić information content (AvgIpc) is 3.32. The van der Waals surface area contributed by atoms with E-state index < -0.39 is 0 Å². The Kier molecular flexibility index (Phi) is 7.26. The van der Waals surface area contributed by atoms with Crippen molar-refractivity contribution in [1.82, 2.24) is 14.5 Å². The van der Waals surface area contributed by atoms with Crippen LogP contribution in [0.25, 0.3) is 61.3 Å². The third kappa shape index (κ3) is 4.62. The van der Waals surface area contributed by atoms with Gasteiger partial charge in [0.25, 0.3) is 0 Å². The van der Waals surface area contributed by atoms with E-state index in [0.717, 1.165) is 55.7 Å². The van der Waals surface area contributed by atoms with E-state index in [2.05, 4.69) is 78.9 Å². The fraction of sp³-hybridized carbons (Fsp3) is 0.0811. The van der Waals surface area contributed by atoms with Crippen molar-refractivity contribution < 1.29 is 26.2 Å². The number of aryl methyl sites for hydroxylation is 3. The van der Waals surface area contributed by atoms with Gasteiger partial charge in [-0.15, -0.1) is 17.7 Å². The molecule has 0 saturated carbocycles. The number of nitrogens with zero attached hydrogens (tertiary/aromatic N) is 3. The van der Waals surface area contributed by atoms with Crippen LogP contribution in [0.1, 0.15) is 16.7 Å². The van der Waals surface area contributed by atoms with Gasteiger partial charge >= 0.3 is 0 Å². The summed E-state index contributed by atoms with van der Waals surface area (Å²) in [5.41, 5.74) is 11.1. The van der Waals surface area contributed by atoms with Crippen LogP contribution in [-0.2, 0) is 21.1 Å². The minimum Gasteiger partial charge on any atom is -0.517 e. The van der Waals surface area contributed by atoms with E-state index in [0.29, 0.717) is 0 Å². The Morgan fingerprint density at radius 2 is 1.43 bits per heavy atom. The number of para-hydroxylation sites is 2. The Labute approximate surface area is 259 Å². The molecule has 3 heterocycles. The summed E-state index contributed by atoms with van der Waals surface area (Å²) < 4.78 is 2.18. The van der Waals surface area contributed by atoms with Crippen molar-refractivity contribution in [3.8, 4) is 45.2 Å². The molecule has 3 aromatic heterocycles. The van der Waals surface area contributed by atoms with Gasteiger partial charge in [-0.2, -0.15) is 0 Å². The first-order valence-corrected chi connectivity index (χ1v) is 13.7. The smallest absolute Gasteiger partial charge is 0.136 e. The van der Waals surface area contributed by atoms with Gasteiger partial charge in [-0.25, -0.2) is 4.98 Å². The maximum absolute atomic E-state index is 10.9. The molecule has 0 aliphatic carbocycles. The zero-order valence-electron chi connectivity index (χ0n) is 23.5. The van der Waals surface area contributed by atoms with Crippen LogP contribution in [0.3, 0.4) is 0 Å². The number of rotatable bonds is 4. The molecule has 0 spiro atoms. The zero-order chi connectivity index (χ0) is 28.1. The Balaban J connectivity index is 0.00000316. The number of phenolic OH excluding ortho intramolecular Hbond substituents is 1. The molecule has 208 valence electrons. The topological polar surface area (TPSA) is 50.9 Å². The minimum atomic E-state index is 0. The average molecular weight is 726 g/mol. The SMILES string of the molecule is Cc1cc(C)c(-c2cc(-c3ccccc3O)[c-]c3c2c2ccccc2n3-c2cccc(-c3ccccn3)n2)c(C)c1.[Pt]. The molecule has 7 aromatic rings. The standard InChI is InChI=1S/C37H28N3O.Pt/c1-23-19-24(2)36(25(3)20-23)29-21-26(27-11-5-7-16-34(27)41)22-33-37(29)28-12-4-6-15-32(28)40(33)35-17-10-14-31(39-35)30-13-8-9-18-38-30;/h4-21,41H,1-3H3;/q-1;. The van der Waals surface area contributed by atoms with E-state index in [9.17, 15) is 5.11 Å². The van der Waals surface area contributed by atoms with Crippen LogP contribution in [0.2, 0.25) is 0 Å². The van der Waals surface area contributed by atoms with Crippen molar-refractivity contribution in [3.05, 3.63) is 132 Å². The summed E-state index contributed by atoms with van der Waals surface area (Å²) >= 11 is 0. The number of hydrogen-bond acceptors (Lipinski definition) is 3. The Bertz CT molecular complexity index is 2070. The normalized spacial score (nSPS) is 11.1. The maximum Gasteiger partial charge on any atom is 0.136 e. The summed E-state index contributed by atoms with van der Waals surface area (Å²) in [6, 6.07) is 38.2. The van der Waals surface area contributed by atoms with Crippen LogP contribution in [0.15, 0.2) is 109 Å². The molecule has 4 aromatic carbocycles. The Morgan fingerprint density at radius 3 is 2.19 bits per heavy atom. The third-order valence-electron chi connectivity index (χ3n) is 7.72. The van der Waals surface area contributed by atoms with Crippen LogP contribution in [0, 0.1) is 26.8 Å². The number of benzene rings is 4. The number of fused-ring (bicyclic) bond motifs is 3. The molecule has 5 heteroatoms. The van der Waals surface area contributed by atoms with E-state index in [-0.39, 0.29) is 26.8 Å². The zero-order valence-corrected chi connectivity index (χ0v) is 25.8. The molecule has 0 fully saturated rings. The van der Waals surface area contributed by atoms with Crippen molar-refractivity contribution in [3.63, 3.8) is 0 Å². The van der Waals surface area contributed by atoms with E-state index in [1.54, 1.807) is 12.3 Å². The first-order valence-electron chi connectivity index (χ1n) is 13.7. The summed E-state index contributed by atoms with van der Waals surface area (Å²) in [6.07, 6.45) is 1.79. The van der Waals surface area contributed by atoms with Crippen molar-refractivity contribution in [2.45, 2.75) is 20.8 Å². The molecule has 0 aliphatic heterocycles. The molecule has 4 nitrogen and oxygen atoms in total. The summed E-state index contributed by atoms with van der Waals surface area (Å²) in [7, 11) is 0. The van der Waals surface area contributed by atoms with E-state index in [1.807, 2.05) is 54.6 Å². The number of aromatic hydroxyl groups is 1. The molecule has 0 atom stereocenters. The second-order valence-electron chi connectivity index (χ2n) is 10.6. The number of phenols is 1. The molecule has 42 heavy (non-hydrogen) atoms. The number of hydrogen-bond donors (Lipinski definition) is 1. The largest absolute Gasteiger partial charge is 0.517 e. The van der Waals surface area contributed by atoms with Crippen LogP contribution >= 0.6 is 0 Å². The second-order valence-corrected chi connectivity index (χ2v) is 10.6. The Hall–Kier alpha value is -4.53. The fourth-order valence-corrected chi connectivity index (χ4v) is 6.10. The van der Waals surface area contributed by atoms with Crippen molar-refractivity contribution in [2.75, 3.05) is 0 Å². The predicted molar refractivity (Wildman–Crippen MR) is 167 cm³/mol. The minimum absolute atomic E-state index is 0. The van der Waals surface area contributed by atoms with Gasteiger partial charge in [-0.1, -0.05) is 82.7 Å². The molecule has 0 unspecified atom stereocenters. The molecule has 0 amide bonds. The molecular weight excluding hydrogens is 698 g/mol. The molecule has 0 bridgehead atoms. The molecule has 0 radical (unpaired) electrons. The molecular formula is C37H28N3OPt-. The van der Waals surface area contributed by atoms with Crippen LogP contribution < -0.4 is 0 Å². The summed E-state index contributed by atoms with van der Waals surface area (Å²) in [6.45, 7) is 6.49. The van der Waals surface area contributed by atoms with Crippen LogP contribution in [0.5, 0.6) is 5.75 Å². The maximum atomic E-state index is 10.9. The summed E-state index contributed by atoms with van der Waals surface area (Å²) in [5, 5.41) is 13.1. The predicted octanol–water partition coefficient (Wildman–Crippen LogP) is 9.00. The summed E-state index contributed by atoms with van der Waals surface area (Å²) in [4.78, 5) is 9.62. The monoisotopic (exact) mass is 725 g/mol. The number of aromatic nitrogens is 3. The molecule has 7 rings (SSSR count). The van der Waals surface area contributed by atoms with E-state index in [4.69, 9.17) is 4.98 Å². The van der Waals surface area contributed by atoms with Crippen molar-refractivity contribution in [2.24, 2.45) is 0 Å². The first-order chi connectivity index (χ1) is 20.0. The summed E-state index contributed by atoms with van der Waals surface area (Å²) in [5.74, 6) is 1.01. The third-order valence-corrected chi connectivity index (χ3v) is 7.72. The van der Waals surface area contributed by atoms with Crippen LogP contribution in [-0.4, -0.2) is 19.6 Å². The van der Waals surface area contributed by atoms with E-state index >= 15 is 0 Å². The number of pyridine rings is 2. The molecule has 1 N–H and O–H groups in total. The van der Waals surface area contributed by atoms with Crippen LogP contribution in [0.4, 0.5) is 0 Å². The van der Waals surface area contributed by atoms with Gasteiger partial charge in [0, 0.05) is 32.8 Å². The second kappa shape index (κ2) is 11.0. The van der Waals surface area contributed by atoms with Gasteiger partial charge in [0.2, 0.25) is 0 Å². The van der Waals surface area contributed by atoms with Gasteiger partial charge in [0.15, 0.2) is 0 Å². The van der Waals surface area contributed by atoms with Crippen molar-refractivity contribution >= 4 is 21.8 Å². The van der Waals surface area contributed by atoms with E-state index in [1.165, 1.54) is 22.3 Å². The van der Waals surface area contributed by atoms with Gasteiger partial charge < -0.3 is 9.67 Å². The first kappa shape index (κ1) is 27.6. The van der Waals surface area contributed by atoms with Gasteiger partial charge in [-0.3, -0.25) is 4.98 Å². The van der Waals surface area contributed by atoms with Gasteiger partial charge in [-0.05, 0) is 84.8 Å². The van der Waals surface area contributed by atoms with Crippen molar-refractivity contribution in [1.29, 1.82) is 0 Å². The quantitative estimate of drug-likeness (QED) is 0.185. The molecule has 0 saturated heterocycles. The molecule has 0 aliphatic rings. The fourth-order valence-electron chi connectivity index (χ4n) is 6.10. The Morgan fingerprint density at radius 1 is 0.714 bits per heavy atom. The van der Waals surface area contributed by atoms with Gasteiger partial charge in [0.05, 0.1) is 17.1 Å².